The smallest absolute Gasteiger partial charge is 0.168 e. The summed E-state index contributed by atoms with van der Waals surface area (Å²) in [5, 5.41) is 11.2. The molecule has 8 heteroatoms. The van der Waals surface area contributed by atoms with E-state index in [-0.39, 0.29) is 5.92 Å². The summed E-state index contributed by atoms with van der Waals surface area (Å²) in [4.78, 5) is 20.5. The van der Waals surface area contributed by atoms with Crippen LogP contribution in [0.1, 0.15) is 62.1 Å². The number of hydrogen-bond donors (Lipinski definition) is 1. The van der Waals surface area contributed by atoms with Gasteiger partial charge in [-0.05, 0) is 57.0 Å². The molecule has 0 saturated heterocycles. The van der Waals surface area contributed by atoms with Crippen LogP contribution in [0.2, 0.25) is 0 Å². The van der Waals surface area contributed by atoms with Crippen molar-refractivity contribution in [3.8, 4) is 17.1 Å². The van der Waals surface area contributed by atoms with Crippen molar-refractivity contribution in [2.75, 3.05) is 0 Å². The molecule has 0 amide bonds. The van der Waals surface area contributed by atoms with Gasteiger partial charge in [-0.15, -0.1) is 0 Å². The summed E-state index contributed by atoms with van der Waals surface area (Å²) in [6, 6.07) is 17.4. The molecule has 2 atom stereocenters. The molecule has 0 aliphatic carbocycles. The van der Waals surface area contributed by atoms with Crippen LogP contribution in [0.15, 0.2) is 60.8 Å². The normalized spacial score (nSPS) is 13.6. The summed E-state index contributed by atoms with van der Waals surface area (Å²) in [5.41, 5.74) is 4.03. The van der Waals surface area contributed by atoms with Crippen LogP contribution in [0.25, 0.3) is 28.0 Å². The molecule has 0 radical (unpaired) electrons. The van der Waals surface area contributed by atoms with E-state index in [9.17, 15) is 9.00 Å². The Labute approximate surface area is 202 Å². The Kier molecular flexibility index (Phi) is 7.00. The van der Waals surface area contributed by atoms with Gasteiger partial charge in [0.25, 0.3) is 0 Å². The Morgan fingerprint density at radius 1 is 1.12 bits per heavy atom. The van der Waals surface area contributed by atoms with Crippen LogP contribution in [0.4, 0.5) is 0 Å². The van der Waals surface area contributed by atoms with E-state index in [4.69, 9.17) is 10.1 Å². The monoisotopic (exact) mass is 475 g/mol. The van der Waals surface area contributed by atoms with E-state index in [0.29, 0.717) is 17.9 Å². The Bertz CT molecular complexity index is 1350. The van der Waals surface area contributed by atoms with Crippen molar-refractivity contribution in [1.29, 1.82) is 0 Å². The molecule has 4 aromatic rings. The molecule has 0 spiro atoms. The first kappa shape index (κ1) is 23.9. The zero-order chi connectivity index (χ0) is 24.3. The first-order valence-corrected chi connectivity index (χ1v) is 12.6. The molecule has 0 fully saturated rings. The lowest BCUT2D eigenvalue weighted by Crippen LogP contribution is -2.33. The maximum absolute atomic E-state index is 12.0. The average Bonchev–Trinajstić information content (AvgIpc) is 3.27. The number of aldehydes is 1. The first-order chi connectivity index (χ1) is 16.3. The number of nitrogens with two attached hydrogens (primary N) is 1. The molecule has 0 aliphatic rings. The molecule has 1 unspecified atom stereocenters. The third-order valence-electron chi connectivity index (χ3n) is 6.07. The second kappa shape index (κ2) is 9.95. The van der Waals surface area contributed by atoms with Gasteiger partial charge < -0.3 is 0 Å². The standard InChI is InChI=1S/C26H29N5O2S/c1-4-7-19(15-26(2,3)34(27)33)23-10-6-9-22(30-23)18-12-13-20-16-28-31(24(20)14-18)25-11-5-8-21(17-32)29-25/h5-6,8-14,16-17,19H,4,7,15,27H2,1-3H3/t19-,34?/m0/s1. The minimum atomic E-state index is -1.41. The maximum Gasteiger partial charge on any atom is 0.168 e. The average molecular weight is 476 g/mol. The SMILES string of the molecule is CCC[C@@H](CC(C)(C)S(N)=O)c1cccc(-c2ccc3cnn(-c4cccc(C=O)n4)c3c2)n1. The van der Waals surface area contributed by atoms with E-state index in [1.54, 1.807) is 23.0 Å². The number of carbonyl (C=O) groups excluding carboxylic acids is 1. The van der Waals surface area contributed by atoms with Crippen molar-refractivity contribution < 1.29 is 9.00 Å². The van der Waals surface area contributed by atoms with Crippen molar-refractivity contribution in [1.82, 2.24) is 19.7 Å². The zero-order valence-corrected chi connectivity index (χ0v) is 20.5. The highest BCUT2D eigenvalue weighted by atomic mass is 32.2. The van der Waals surface area contributed by atoms with E-state index in [0.717, 1.165) is 47.0 Å². The number of nitrogens with zero attached hydrogens (tertiary/aromatic N) is 4. The van der Waals surface area contributed by atoms with Crippen LogP contribution in [-0.2, 0) is 11.0 Å². The number of carbonyl (C=O) groups is 1. The number of aromatic nitrogens is 4. The molecule has 3 heterocycles. The van der Waals surface area contributed by atoms with Gasteiger partial charge in [-0.2, -0.15) is 5.10 Å². The second-order valence-corrected chi connectivity index (χ2v) is 10.8. The van der Waals surface area contributed by atoms with Gasteiger partial charge in [0.05, 0.1) is 33.1 Å². The lowest BCUT2D eigenvalue weighted by Gasteiger charge is -2.27. The van der Waals surface area contributed by atoms with E-state index < -0.39 is 15.7 Å². The highest BCUT2D eigenvalue weighted by Crippen LogP contribution is 2.33. The fraction of sp³-hybridized carbons (Fsp3) is 0.308. The first-order valence-electron chi connectivity index (χ1n) is 11.4. The number of fused-ring (bicyclic) bond motifs is 1. The highest BCUT2D eigenvalue weighted by Gasteiger charge is 2.29. The van der Waals surface area contributed by atoms with E-state index in [1.165, 1.54) is 0 Å². The summed E-state index contributed by atoms with van der Waals surface area (Å²) in [6.45, 7) is 6.03. The van der Waals surface area contributed by atoms with Crippen LogP contribution in [-0.4, -0.2) is 35.0 Å². The summed E-state index contributed by atoms with van der Waals surface area (Å²) < 4.78 is 13.3. The number of rotatable bonds is 9. The molecule has 7 nitrogen and oxygen atoms in total. The van der Waals surface area contributed by atoms with Gasteiger partial charge in [0.2, 0.25) is 0 Å². The van der Waals surface area contributed by atoms with Crippen molar-refractivity contribution in [2.45, 2.75) is 50.7 Å². The van der Waals surface area contributed by atoms with E-state index >= 15 is 0 Å². The molecule has 4 rings (SSSR count). The molecular weight excluding hydrogens is 446 g/mol. The van der Waals surface area contributed by atoms with Crippen LogP contribution in [0.3, 0.4) is 0 Å². The third kappa shape index (κ3) is 4.98. The maximum atomic E-state index is 12.0. The molecule has 0 bridgehead atoms. The van der Waals surface area contributed by atoms with Gasteiger partial charge >= 0.3 is 0 Å². The molecule has 1 aromatic carbocycles. The van der Waals surface area contributed by atoms with E-state index in [1.807, 2.05) is 56.3 Å². The van der Waals surface area contributed by atoms with Gasteiger partial charge in [0.1, 0.15) is 5.69 Å². The van der Waals surface area contributed by atoms with Crippen molar-refractivity contribution in [3.05, 3.63) is 72.2 Å². The van der Waals surface area contributed by atoms with Crippen molar-refractivity contribution >= 4 is 28.2 Å². The van der Waals surface area contributed by atoms with Crippen LogP contribution < -0.4 is 5.14 Å². The molecule has 0 saturated carbocycles. The van der Waals surface area contributed by atoms with Gasteiger partial charge in [0.15, 0.2) is 12.1 Å². The fourth-order valence-electron chi connectivity index (χ4n) is 4.20. The van der Waals surface area contributed by atoms with Gasteiger partial charge in [-0.3, -0.25) is 14.9 Å². The van der Waals surface area contributed by atoms with Crippen molar-refractivity contribution in [3.63, 3.8) is 0 Å². The topological polar surface area (TPSA) is 104 Å². The van der Waals surface area contributed by atoms with Gasteiger partial charge in [-0.1, -0.05) is 37.6 Å². The Morgan fingerprint density at radius 3 is 2.65 bits per heavy atom. The summed E-state index contributed by atoms with van der Waals surface area (Å²) in [5.74, 6) is 0.746. The number of pyridine rings is 2. The predicted molar refractivity (Wildman–Crippen MR) is 136 cm³/mol. The highest BCUT2D eigenvalue weighted by molar-refractivity contribution is 7.84. The molecule has 3 aromatic heterocycles. The largest absolute Gasteiger partial charge is 0.296 e. The minimum Gasteiger partial charge on any atom is -0.296 e. The third-order valence-corrected chi connectivity index (χ3v) is 7.32. The van der Waals surface area contributed by atoms with Gasteiger partial charge in [0, 0.05) is 22.6 Å². The zero-order valence-electron chi connectivity index (χ0n) is 19.6. The quantitative estimate of drug-likeness (QED) is 0.344. The Hall–Kier alpha value is -3.23. The minimum absolute atomic E-state index is 0.164. The lowest BCUT2D eigenvalue weighted by atomic mass is 9.89. The fourth-order valence-corrected chi connectivity index (χ4v) is 4.57. The molecule has 34 heavy (non-hydrogen) atoms. The van der Waals surface area contributed by atoms with Crippen LogP contribution in [0, 0.1) is 0 Å². The van der Waals surface area contributed by atoms with Gasteiger partial charge in [-0.25, -0.2) is 13.9 Å². The number of benzene rings is 1. The summed E-state index contributed by atoms with van der Waals surface area (Å²) >= 11 is 0. The summed E-state index contributed by atoms with van der Waals surface area (Å²) in [6.07, 6.45) is 5.16. The van der Waals surface area contributed by atoms with Crippen LogP contribution in [0.5, 0.6) is 0 Å². The summed E-state index contributed by atoms with van der Waals surface area (Å²) in [7, 11) is -1.41. The van der Waals surface area contributed by atoms with Crippen molar-refractivity contribution in [2.24, 2.45) is 5.14 Å². The van der Waals surface area contributed by atoms with Crippen LogP contribution >= 0.6 is 0 Å². The Morgan fingerprint density at radius 2 is 1.91 bits per heavy atom. The number of hydrogen-bond acceptors (Lipinski definition) is 5. The predicted octanol–water partition coefficient (Wildman–Crippen LogP) is 4.97. The molecule has 0 aliphatic heterocycles. The molecular formula is C26H29N5O2S. The second-order valence-electron chi connectivity index (χ2n) is 9.06. The Balaban J connectivity index is 1.73. The molecule has 176 valence electrons. The lowest BCUT2D eigenvalue weighted by molar-refractivity contribution is 0.111. The van der Waals surface area contributed by atoms with E-state index in [2.05, 4.69) is 17.0 Å². The molecule has 2 N–H and O–H groups in total.